The predicted octanol–water partition coefficient (Wildman–Crippen LogP) is 2.80. The summed E-state index contributed by atoms with van der Waals surface area (Å²) in [6.07, 6.45) is 1.85. The van der Waals surface area contributed by atoms with Crippen molar-refractivity contribution in [3.05, 3.63) is 31.7 Å². The Balaban J connectivity index is 2.83. The number of hydrogen-bond donors (Lipinski definition) is 0. The van der Waals surface area contributed by atoms with Crippen LogP contribution in [0.1, 0.15) is 16.2 Å². The number of hydrogen-bond acceptors (Lipinski definition) is 3. The summed E-state index contributed by atoms with van der Waals surface area (Å²) in [7, 11) is 1.37. The van der Waals surface area contributed by atoms with Crippen molar-refractivity contribution in [3.63, 3.8) is 0 Å². The number of nitrogens with zero attached hydrogens (tertiary/aromatic N) is 2. The molecule has 0 saturated carbocycles. The predicted molar refractivity (Wildman–Crippen MR) is 71.7 cm³/mol. The Bertz CT molecular complexity index is 580. The fourth-order valence-corrected chi connectivity index (χ4v) is 3.07. The van der Waals surface area contributed by atoms with Gasteiger partial charge in [0.1, 0.15) is 0 Å². The van der Waals surface area contributed by atoms with E-state index in [2.05, 4.69) is 43.5 Å². The molecule has 6 heteroatoms. The highest BCUT2D eigenvalue weighted by atomic mass is 127. The third-order valence-electron chi connectivity index (χ3n) is 2.19. The van der Waals surface area contributed by atoms with Crippen molar-refractivity contribution in [2.24, 2.45) is 0 Å². The van der Waals surface area contributed by atoms with E-state index < -0.39 is 0 Å². The Morgan fingerprint density at radius 3 is 2.94 bits per heavy atom. The number of ether oxygens (including phenoxy) is 1. The maximum absolute atomic E-state index is 11.6. The zero-order valence-corrected chi connectivity index (χ0v) is 12.4. The molecule has 2 aromatic rings. The molecule has 0 aromatic carbocycles. The molecule has 2 heterocycles. The first-order chi connectivity index (χ1) is 7.54. The fourth-order valence-electron chi connectivity index (χ4n) is 1.53. The molecular formula is C10H8BrIN2O2. The molecule has 0 aliphatic rings. The smallest absolute Gasteiger partial charge is 0.356 e. The number of esters is 1. The molecule has 0 aliphatic heterocycles. The summed E-state index contributed by atoms with van der Waals surface area (Å²) in [5.41, 5.74) is 1.85. The highest BCUT2D eigenvalue weighted by Gasteiger charge is 2.18. The molecule has 0 spiro atoms. The molecule has 0 N–H and O–H groups in total. The zero-order chi connectivity index (χ0) is 11.9. The summed E-state index contributed by atoms with van der Waals surface area (Å²) in [5.74, 6) is -0.376. The standard InChI is InChI=1S/C10H8BrIN2O2/c1-5-8(10(15)16-2)14-4-6(12)3-7(11)9(14)13-5/h3-4H,1-2H3. The second-order valence-electron chi connectivity index (χ2n) is 3.24. The molecular weight excluding hydrogens is 387 g/mol. The van der Waals surface area contributed by atoms with E-state index in [1.165, 1.54) is 7.11 Å². The topological polar surface area (TPSA) is 43.6 Å². The number of fused-ring (bicyclic) bond motifs is 1. The molecule has 2 aromatic heterocycles. The number of carbonyl (C=O) groups excluding carboxylic acids is 1. The van der Waals surface area contributed by atoms with Gasteiger partial charge in [0.15, 0.2) is 11.3 Å². The molecule has 16 heavy (non-hydrogen) atoms. The highest BCUT2D eigenvalue weighted by molar-refractivity contribution is 14.1. The fraction of sp³-hybridized carbons (Fsp3) is 0.200. The minimum Gasteiger partial charge on any atom is -0.464 e. The van der Waals surface area contributed by atoms with Crippen LogP contribution in [0.2, 0.25) is 0 Å². The number of rotatable bonds is 1. The first-order valence-electron chi connectivity index (χ1n) is 4.46. The van der Waals surface area contributed by atoms with Crippen LogP contribution in [0.5, 0.6) is 0 Å². The lowest BCUT2D eigenvalue weighted by Gasteiger charge is -2.02. The maximum Gasteiger partial charge on any atom is 0.356 e. The van der Waals surface area contributed by atoms with Crippen molar-refractivity contribution in [2.45, 2.75) is 6.92 Å². The van der Waals surface area contributed by atoms with Crippen LogP contribution < -0.4 is 0 Å². The van der Waals surface area contributed by atoms with E-state index in [1.54, 1.807) is 11.3 Å². The summed E-state index contributed by atoms with van der Waals surface area (Å²) >= 11 is 5.61. The van der Waals surface area contributed by atoms with Gasteiger partial charge in [0.05, 0.1) is 17.3 Å². The molecule has 0 atom stereocenters. The quantitative estimate of drug-likeness (QED) is 0.551. The molecule has 0 saturated heterocycles. The first kappa shape index (κ1) is 11.8. The molecule has 2 rings (SSSR count). The highest BCUT2D eigenvalue weighted by Crippen LogP contribution is 2.23. The Morgan fingerprint density at radius 1 is 1.62 bits per heavy atom. The lowest BCUT2D eigenvalue weighted by Crippen LogP contribution is -2.07. The van der Waals surface area contributed by atoms with Crippen LogP contribution in [0.25, 0.3) is 5.65 Å². The lowest BCUT2D eigenvalue weighted by molar-refractivity contribution is 0.0592. The van der Waals surface area contributed by atoms with Gasteiger partial charge in [-0.3, -0.25) is 4.40 Å². The molecule has 0 bridgehead atoms. The van der Waals surface area contributed by atoms with Crippen molar-refractivity contribution in [1.82, 2.24) is 9.38 Å². The second-order valence-corrected chi connectivity index (χ2v) is 5.34. The third kappa shape index (κ3) is 1.84. The monoisotopic (exact) mass is 394 g/mol. The van der Waals surface area contributed by atoms with Gasteiger partial charge in [-0.05, 0) is 51.5 Å². The van der Waals surface area contributed by atoms with Gasteiger partial charge in [-0.25, -0.2) is 9.78 Å². The lowest BCUT2D eigenvalue weighted by atomic mass is 10.3. The molecule has 0 radical (unpaired) electrons. The number of imidazole rings is 1. The van der Waals surface area contributed by atoms with E-state index >= 15 is 0 Å². The normalized spacial score (nSPS) is 10.8. The average Bonchev–Trinajstić information content (AvgIpc) is 2.54. The van der Waals surface area contributed by atoms with Crippen LogP contribution in [0.3, 0.4) is 0 Å². The van der Waals surface area contributed by atoms with Gasteiger partial charge in [0, 0.05) is 9.77 Å². The maximum atomic E-state index is 11.6. The Labute approximate surface area is 114 Å². The van der Waals surface area contributed by atoms with Gasteiger partial charge in [-0.1, -0.05) is 0 Å². The summed E-state index contributed by atoms with van der Waals surface area (Å²) in [6.45, 7) is 1.79. The van der Waals surface area contributed by atoms with Crippen LogP contribution in [0, 0.1) is 10.5 Å². The number of methoxy groups -OCH3 is 1. The molecule has 0 unspecified atom stereocenters. The van der Waals surface area contributed by atoms with E-state index in [9.17, 15) is 4.79 Å². The van der Waals surface area contributed by atoms with Crippen molar-refractivity contribution in [1.29, 1.82) is 0 Å². The molecule has 84 valence electrons. The van der Waals surface area contributed by atoms with E-state index in [0.717, 1.165) is 13.7 Å². The van der Waals surface area contributed by atoms with Gasteiger partial charge in [-0.15, -0.1) is 0 Å². The number of carbonyl (C=O) groups is 1. The largest absolute Gasteiger partial charge is 0.464 e. The van der Waals surface area contributed by atoms with Crippen LogP contribution in [-0.2, 0) is 4.74 Å². The van der Waals surface area contributed by atoms with Gasteiger partial charge < -0.3 is 4.74 Å². The van der Waals surface area contributed by atoms with Crippen molar-refractivity contribution in [2.75, 3.05) is 7.11 Å². The molecule has 0 amide bonds. The van der Waals surface area contributed by atoms with Gasteiger partial charge in [0.2, 0.25) is 0 Å². The van der Waals surface area contributed by atoms with E-state index in [1.807, 2.05) is 12.3 Å². The summed E-state index contributed by atoms with van der Waals surface area (Å²) < 4.78 is 8.36. The summed E-state index contributed by atoms with van der Waals surface area (Å²) in [6, 6.07) is 1.95. The average molecular weight is 395 g/mol. The number of pyridine rings is 1. The minimum atomic E-state index is -0.376. The minimum absolute atomic E-state index is 0.376. The number of aromatic nitrogens is 2. The number of halogens is 2. The Kier molecular flexibility index (Phi) is 3.20. The van der Waals surface area contributed by atoms with Gasteiger partial charge >= 0.3 is 5.97 Å². The molecule has 0 aliphatic carbocycles. The summed E-state index contributed by atoms with van der Waals surface area (Å²) in [5, 5.41) is 0. The van der Waals surface area contributed by atoms with Crippen molar-refractivity contribution in [3.8, 4) is 0 Å². The first-order valence-corrected chi connectivity index (χ1v) is 6.33. The summed E-state index contributed by atoms with van der Waals surface area (Å²) in [4.78, 5) is 16.0. The Morgan fingerprint density at radius 2 is 2.31 bits per heavy atom. The third-order valence-corrected chi connectivity index (χ3v) is 3.37. The second kappa shape index (κ2) is 4.33. The van der Waals surface area contributed by atoms with Crippen molar-refractivity contribution >= 4 is 50.1 Å². The van der Waals surface area contributed by atoms with Gasteiger partial charge in [-0.2, -0.15) is 0 Å². The van der Waals surface area contributed by atoms with Crippen LogP contribution in [0.4, 0.5) is 0 Å². The van der Waals surface area contributed by atoms with Crippen LogP contribution in [-0.4, -0.2) is 22.5 Å². The molecule has 4 nitrogen and oxygen atoms in total. The van der Waals surface area contributed by atoms with Gasteiger partial charge in [0.25, 0.3) is 0 Å². The van der Waals surface area contributed by atoms with Crippen molar-refractivity contribution < 1.29 is 9.53 Å². The molecule has 0 fully saturated rings. The van der Waals surface area contributed by atoms with Crippen LogP contribution >= 0.6 is 38.5 Å². The van der Waals surface area contributed by atoms with E-state index in [4.69, 9.17) is 4.74 Å². The van der Waals surface area contributed by atoms with Crippen LogP contribution in [0.15, 0.2) is 16.7 Å². The SMILES string of the molecule is COC(=O)c1c(C)nc2c(Br)cc(I)cn12. The zero-order valence-electron chi connectivity index (χ0n) is 8.62. The van der Waals surface area contributed by atoms with E-state index in [0.29, 0.717) is 11.4 Å². The number of aryl methyl sites for hydroxylation is 1. The Hall–Kier alpha value is -0.630. The van der Waals surface area contributed by atoms with E-state index in [-0.39, 0.29) is 5.97 Å².